The summed E-state index contributed by atoms with van der Waals surface area (Å²) in [5.74, 6) is -0.479. The van der Waals surface area contributed by atoms with E-state index in [1.807, 2.05) is 6.92 Å². The first-order valence-electron chi connectivity index (χ1n) is 5.11. The van der Waals surface area contributed by atoms with Crippen LogP contribution >= 0.6 is 0 Å². The van der Waals surface area contributed by atoms with Crippen LogP contribution in [0.5, 0.6) is 5.75 Å². The number of ketones is 1. The molecule has 84 valence electrons. The van der Waals surface area contributed by atoms with Gasteiger partial charge in [-0.2, -0.15) is 0 Å². The Morgan fingerprint density at radius 2 is 2.31 bits per heavy atom. The van der Waals surface area contributed by atoms with E-state index >= 15 is 0 Å². The van der Waals surface area contributed by atoms with Crippen LogP contribution in [-0.4, -0.2) is 23.0 Å². The molecule has 1 unspecified atom stereocenters. The van der Waals surface area contributed by atoms with Crippen molar-refractivity contribution < 1.29 is 19.4 Å². The molecule has 0 bridgehead atoms. The van der Waals surface area contributed by atoms with Crippen LogP contribution in [0.2, 0.25) is 0 Å². The van der Waals surface area contributed by atoms with Gasteiger partial charge in [-0.05, 0) is 18.6 Å². The Labute approximate surface area is 92.8 Å². The molecule has 1 heterocycles. The fraction of sp³-hybridized carbons (Fsp3) is 0.333. The van der Waals surface area contributed by atoms with Gasteiger partial charge >= 0.3 is 5.97 Å². The number of carbonyl (C=O) groups excluding carboxylic acids is 1. The van der Waals surface area contributed by atoms with Crippen molar-refractivity contribution in [1.29, 1.82) is 0 Å². The lowest BCUT2D eigenvalue weighted by Gasteiger charge is -2.23. The Morgan fingerprint density at radius 3 is 3.00 bits per heavy atom. The van der Waals surface area contributed by atoms with Crippen molar-refractivity contribution in [3.05, 3.63) is 29.3 Å². The minimum absolute atomic E-state index is 0.0365. The summed E-state index contributed by atoms with van der Waals surface area (Å²) < 4.78 is 5.51. The van der Waals surface area contributed by atoms with Gasteiger partial charge in [-0.3, -0.25) is 9.59 Å². The molecule has 2 rings (SSSR count). The van der Waals surface area contributed by atoms with Gasteiger partial charge in [0.15, 0.2) is 5.78 Å². The van der Waals surface area contributed by atoms with E-state index in [4.69, 9.17) is 9.84 Å². The predicted molar refractivity (Wildman–Crippen MR) is 56.8 cm³/mol. The lowest BCUT2D eigenvalue weighted by Crippen LogP contribution is -2.25. The van der Waals surface area contributed by atoms with Crippen molar-refractivity contribution in [1.82, 2.24) is 0 Å². The highest BCUT2D eigenvalue weighted by molar-refractivity contribution is 6.02. The summed E-state index contributed by atoms with van der Waals surface area (Å²) in [4.78, 5) is 22.5. The Kier molecular flexibility index (Phi) is 2.64. The molecule has 4 heteroatoms. The molecule has 0 radical (unpaired) electrons. The SMILES string of the molecule is CC1CC(=O)c2c(CC(=O)O)cccc2O1. The third-order valence-corrected chi connectivity index (χ3v) is 2.53. The van der Waals surface area contributed by atoms with Crippen molar-refractivity contribution >= 4 is 11.8 Å². The molecule has 4 nitrogen and oxygen atoms in total. The molecular formula is C12H12O4. The smallest absolute Gasteiger partial charge is 0.307 e. The fourth-order valence-electron chi connectivity index (χ4n) is 1.92. The van der Waals surface area contributed by atoms with Crippen molar-refractivity contribution in [2.45, 2.75) is 25.9 Å². The number of carbonyl (C=O) groups is 2. The van der Waals surface area contributed by atoms with Gasteiger partial charge in [0.05, 0.1) is 12.0 Å². The lowest BCUT2D eigenvalue weighted by molar-refractivity contribution is -0.136. The Bertz CT molecular complexity index is 450. The first kappa shape index (κ1) is 10.7. The summed E-state index contributed by atoms with van der Waals surface area (Å²) in [6.45, 7) is 1.82. The number of ether oxygens (including phenoxy) is 1. The van der Waals surface area contributed by atoms with Crippen LogP contribution < -0.4 is 4.74 Å². The molecule has 1 atom stereocenters. The predicted octanol–water partition coefficient (Wildman–Crippen LogP) is 1.67. The van der Waals surface area contributed by atoms with Gasteiger partial charge < -0.3 is 9.84 Å². The van der Waals surface area contributed by atoms with Gasteiger partial charge in [0.25, 0.3) is 0 Å². The number of carboxylic acids is 1. The van der Waals surface area contributed by atoms with E-state index in [0.717, 1.165) is 0 Å². The van der Waals surface area contributed by atoms with Crippen molar-refractivity contribution in [3.8, 4) is 5.75 Å². The van der Waals surface area contributed by atoms with E-state index in [2.05, 4.69) is 0 Å². The number of benzene rings is 1. The van der Waals surface area contributed by atoms with Crippen molar-refractivity contribution in [2.24, 2.45) is 0 Å². The first-order valence-corrected chi connectivity index (χ1v) is 5.11. The monoisotopic (exact) mass is 220 g/mol. The third kappa shape index (κ3) is 1.91. The molecule has 1 aromatic rings. The highest BCUT2D eigenvalue weighted by Gasteiger charge is 2.26. The van der Waals surface area contributed by atoms with Crippen LogP contribution in [-0.2, 0) is 11.2 Å². The second-order valence-corrected chi connectivity index (χ2v) is 3.92. The minimum Gasteiger partial charge on any atom is -0.489 e. The summed E-state index contributed by atoms with van der Waals surface area (Å²) in [6, 6.07) is 5.07. The molecule has 0 aliphatic carbocycles. The number of hydrogen-bond acceptors (Lipinski definition) is 3. The molecule has 0 spiro atoms. The molecule has 0 amide bonds. The number of rotatable bonds is 2. The Balaban J connectivity index is 2.46. The maximum Gasteiger partial charge on any atom is 0.307 e. The van der Waals surface area contributed by atoms with E-state index in [9.17, 15) is 9.59 Å². The second-order valence-electron chi connectivity index (χ2n) is 3.92. The fourth-order valence-corrected chi connectivity index (χ4v) is 1.92. The van der Waals surface area contributed by atoms with Crippen LogP contribution in [0.4, 0.5) is 0 Å². The zero-order chi connectivity index (χ0) is 11.7. The van der Waals surface area contributed by atoms with Gasteiger partial charge in [0, 0.05) is 6.42 Å². The maximum absolute atomic E-state index is 11.8. The molecule has 0 fully saturated rings. The normalized spacial score (nSPS) is 18.8. The molecule has 1 aromatic carbocycles. The minimum atomic E-state index is -0.945. The number of aliphatic carboxylic acids is 1. The molecule has 1 aliphatic rings. The third-order valence-electron chi connectivity index (χ3n) is 2.53. The van der Waals surface area contributed by atoms with Gasteiger partial charge in [-0.25, -0.2) is 0 Å². The van der Waals surface area contributed by atoms with Crippen molar-refractivity contribution in [2.75, 3.05) is 0 Å². The average molecular weight is 220 g/mol. The highest BCUT2D eigenvalue weighted by Crippen LogP contribution is 2.30. The van der Waals surface area contributed by atoms with Gasteiger partial charge in [-0.1, -0.05) is 12.1 Å². The summed E-state index contributed by atoms with van der Waals surface area (Å²) >= 11 is 0. The van der Waals surface area contributed by atoms with E-state index in [1.54, 1.807) is 18.2 Å². The lowest BCUT2D eigenvalue weighted by atomic mass is 9.95. The van der Waals surface area contributed by atoms with E-state index in [-0.39, 0.29) is 18.3 Å². The summed E-state index contributed by atoms with van der Waals surface area (Å²) in [5.41, 5.74) is 0.963. The summed E-state index contributed by atoms with van der Waals surface area (Å²) in [6.07, 6.45) is 0.0242. The number of Topliss-reactive ketones (excluding diaryl/α,β-unsaturated/α-hetero) is 1. The second kappa shape index (κ2) is 3.96. The van der Waals surface area contributed by atoms with Crippen LogP contribution in [0, 0.1) is 0 Å². The van der Waals surface area contributed by atoms with E-state index in [0.29, 0.717) is 23.3 Å². The maximum atomic E-state index is 11.8. The van der Waals surface area contributed by atoms with Gasteiger partial charge in [-0.15, -0.1) is 0 Å². The zero-order valence-electron chi connectivity index (χ0n) is 8.90. The topological polar surface area (TPSA) is 63.6 Å². The Morgan fingerprint density at radius 1 is 1.56 bits per heavy atom. The first-order chi connectivity index (χ1) is 7.58. The molecule has 1 N–H and O–H groups in total. The molecule has 1 aliphatic heterocycles. The standard InChI is InChI=1S/C12H12O4/c1-7-5-9(13)12-8(6-11(14)15)3-2-4-10(12)16-7/h2-4,7H,5-6H2,1H3,(H,14,15). The van der Waals surface area contributed by atoms with E-state index < -0.39 is 5.97 Å². The number of fused-ring (bicyclic) bond motifs is 1. The molecule has 16 heavy (non-hydrogen) atoms. The molecule has 0 saturated carbocycles. The molecule has 0 aromatic heterocycles. The van der Waals surface area contributed by atoms with Crippen LogP contribution in [0.15, 0.2) is 18.2 Å². The Hall–Kier alpha value is -1.84. The zero-order valence-corrected chi connectivity index (χ0v) is 8.90. The van der Waals surface area contributed by atoms with Crippen LogP contribution in [0.3, 0.4) is 0 Å². The van der Waals surface area contributed by atoms with Crippen molar-refractivity contribution in [3.63, 3.8) is 0 Å². The molecular weight excluding hydrogens is 208 g/mol. The number of hydrogen-bond donors (Lipinski definition) is 1. The van der Waals surface area contributed by atoms with E-state index in [1.165, 1.54) is 0 Å². The summed E-state index contributed by atoms with van der Waals surface area (Å²) in [7, 11) is 0. The molecule has 0 saturated heterocycles. The largest absolute Gasteiger partial charge is 0.489 e. The van der Waals surface area contributed by atoms with Gasteiger partial charge in [0.1, 0.15) is 11.9 Å². The summed E-state index contributed by atoms with van der Waals surface area (Å²) in [5, 5.41) is 8.75. The quantitative estimate of drug-likeness (QED) is 0.823. The van der Waals surface area contributed by atoms with Crippen LogP contribution in [0.1, 0.15) is 29.3 Å². The van der Waals surface area contributed by atoms with Gasteiger partial charge in [0.2, 0.25) is 0 Å². The number of carboxylic acid groups (broad SMARTS) is 1. The highest BCUT2D eigenvalue weighted by atomic mass is 16.5. The van der Waals surface area contributed by atoms with Crippen LogP contribution in [0.25, 0.3) is 0 Å². The average Bonchev–Trinajstić information content (AvgIpc) is 2.15.